The molecule has 0 unspecified atom stereocenters. The maximum absolute atomic E-state index is 12.4. The van der Waals surface area contributed by atoms with Gasteiger partial charge in [-0.05, 0) is 61.4 Å². The summed E-state index contributed by atoms with van der Waals surface area (Å²) in [5.41, 5.74) is 4.36. The smallest absolute Gasteiger partial charge is 0.323 e. The van der Waals surface area contributed by atoms with Crippen LogP contribution in [0.1, 0.15) is 11.1 Å². The van der Waals surface area contributed by atoms with Gasteiger partial charge < -0.3 is 20.3 Å². The van der Waals surface area contributed by atoms with Crippen LogP contribution in [-0.2, 0) is 4.74 Å². The van der Waals surface area contributed by atoms with E-state index in [-0.39, 0.29) is 6.03 Å². The van der Waals surface area contributed by atoms with Crippen LogP contribution in [0.25, 0.3) is 10.9 Å². The number of morpholine rings is 1. The lowest BCUT2D eigenvalue weighted by Crippen LogP contribution is -2.36. The zero-order valence-corrected chi connectivity index (χ0v) is 17.2. The maximum Gasteiger partial charge on any atom is 0.323 e. The number of carbonyl (C=O) groups excluding carboxylic acids is 1. The monoisotopic (exact) mass is 410 g/mol. The molecule has 1 aliphatic rings. The molecule has 2 heterocycles. The normalized spacial score (nSPS) is 14.1. The molecule has 0 radical (unpaired) electrons. The zero-order chi connectivity index (χ0) is 20.4. The van der Waals surface area contributed by atoms with Gasteiger partial charge in [-0.15, -0.1) is 0 Å². The Hall–Kier alpha value is -2.83. The number of aryl methyl sites for hydroxylation is 2. The van der Waals surface area contributed by atoms with Crippen molar-refractivity contribution < 1.29 is 9.53 Å². The van der Waals surface area contributed by atoms with Crippen LogP contribution in [0.15, 0.2) is 42.5 Å². The lowest BCUT2D eigenvalue weighted by atomic mass is 10.1. The number of halogens is 1. The van der Waals surface area contributed by atoms with Crippen LogP contribution in [0.4, 0.5) is 22.0 Å². The number of aromatic nitrogens is 1. The fourth-order valence-corrected chi connectivity index (χ4v) is 3.59. The summed E-state index contributed by atoms with van der Waals surface area (Å²) in [5.74, 6) is 0.966. The van der Waals surface area contributed by atoms with E-state index in [1.165, 1.54) is 0 Å². The summed E-state index contributed by atoms with van der Waals surface area (Å²) in [4.78, 5) is 19.5. The molecule has 1 aromatic heterocycles. The summed E-state index contributed by atoms with van der Waals surface area (Å²) in [6.45, 7) is 7.13. The standard InChI is InChI=1S/C22H23ClN4O2/c1-14-3-4-16(23)12-20(14)26-22(28)24-17-5-6-19-18(13-17)15(2)11-21(25-19)27-7-9-29-10-8-27/h3-6,11-13H,7-10H2,1-2H3,(H2,24,26,28). The Balaban J connectivity index is 1.53. The molecule has 0 spiro atoms. The Morgan fingerprint density at radius 3 is 2.62 bits per heavy atom. The molecule has 1 saturated heterocycles. The van der Waals surface area contributed by atoms with Gasteiger partial charge in [-0.25, -0.2) is 9.78 Å². The Morgan fingerprint density at radius 1 is 1.03 bits per heavy atom. The molecule has 2 aromatic carbocycles. The lowest BCUT2D eigenvalue weighted by molar-refractivity contribution is 0.122. The molecule has 1 aliphatic heterocycles. The van der Waals surface area contributed by atoms with E-state index in [4.69, 9.17) is 21.3 Å². The van der Waals surface area contributed by atoms with Crippen molar-refractivity contribution in [1.82, 2.24) is 4.98 Å². The van der Waals surface area contributed by atoms with E-state index in [9.17, 15) is 4.79 Å². The number of fused-ring (bicyclic) bond motifs is 1. The van der Waals surface area contributed by atoms with Crippen LogP contribution < -0.4 is 15.5 Å². The fraction of sp³-hybridized carbons (Fsp3) is 0.273. The number of nitrogens with one attached hydrogen (secondary N) is 2. The van der Waals surface area contributed by atoms with Crippen molar-refractivity contribution in [3.63, 3.8) is 0 Å². The van der Waals surface area contributed by atoms with E-state index in [0.717, 1.165) is 54.2 Å². The summed E-state index contributed by atoms with van der Waals surface area (Å²) in [6.07, 6.45) is 0. The number of hydrogen-bond donors (Lipinski definition) is 2. The molecular weight excluding hydrogens is 388 g/mol. The van der Waals surface area contributed by atoms with Crippen molar-refractivity contribution >= 4 is 45.7 Å². The summed E-state index contributed by atoms with van der Waals surface area (Å²) in [6, 6.07) is 12.9. The largest absolute Gasteiger partial charge is 0.378 e. The molecule has 2 N–H and O–H groups in total. The predicted octanol–water partition coefficient (Wildman–Crippen LogP) is 4.99. The number of amides is 2. The topological polar surface area (TPSA) is 66.5 Å². The first-order chi connectivity index (χ1) is 14.0. The molecule has 1 fully saturated rings. The number of hydrogen-bond acceptors (Lipinski definition) is 4. The Morgan fingerprint density at radius 2 is 1.83 bits per heavy atom. The highest BCUT2D eigenvalue weighted by Gasteiger charge is 2.14. The average Bonchev–Trinajstić information content (AvgIpc) is 2.71. The number of ether oxygens (including phenoxy) is 1. The van der Waals surface area contributed by atoms with E-state index >= 15 is 0 Å². The molecule has 0 aliphatic carbocycles. The average molecular weight is 411 g/mol. The first-order valence-electron chi connectivity index (χ1n) is 9.58. The van der Waals surface area contributed by atoms with Gasteiger partial charge in [0.05, 0.1) is 18.7 Å². The Kier molecular flexibility index (Phi) is 5.56. The van der Waals surface area contributed by atoms with Gasteiger partial charge in [0.25, 0.3) is 0 Å². The third kappa shape index (κ3) is 4.44. The van der Waals surface area contributed by atoms with Gasteiger partial charge in [-0.2, -0.15) is 0 Å². The molecular formula is C22H23ClN4O2. The maximum atomic E-state index is 12.4. The van der Waals surface area contributed by atoms with Crippen molar-refractivity contribution in [2.45, 2.75) is 13.8 Å². The molecule has 2 amide bonds. The molecule has 4 rings (SSSR count). The van der Waals surface area contributed by atoms with E-state index in [1.807, 2.05) is 31.2 Å². The van der Waals surface area contributed by atoms with Crippen LogP contribution >= 0.6 is 11.6 Å². The van der Waals surface area contributed by atoms with E-state index < -0.39 is 0 Å². The van der Waals surface area contributed by atoms with Crippen molar-refractivity contribution in [2.75, 3.05) is 41.8 Å². The van der Waals surface area contributed by atoms with Crippen molar-refractivity contribution in [1.29, 1.82) is 0 Å². The molecule has 7 heteroatoms. The zero-order valence-electron chi connectivity index (χ0n) is 16.5. The predicted molar refractivity (Wildman–Crippen MR) is 118 cm³/mol. The quantitative estimate of drug-likeness (QED) is 0.638. The van der Waals surface area contributed by atoms with E-state index in [0.29, 0.717) is 16.4 Å². The van der Waals surface area contributed by atoms with Crippen LogP contribution in [0.2, 0.25) is 5.02 Å². The van der Waals surface area contributed by atoms with Crippen molar-refractivity contribution in [3.05, 3.63) is 58.6 Å². The highest BCUT2D eigenvalue weighted by Crippen LogP contribution is 2.26. The van der Waals surface area contributed by atoms with E-state index in [2.05, 4.69) is 28.5 Å². The first-order valence-corrected chi connectivity index (χ1v) is 9.96. The van der Waals surface area contributed by atoms with Gasteiger partial charge in [0.2, 0.25) is 0 Å². The van der Waals surface area contributed by atoms with Gasteiger partial charge in [-0.3, -0.25) is 0 Å². The first kappa shape index (κ1) is 19.5. The number of rotatable bonds is 3. The molecule has 6 nitrogen and oxygen atoms in total. The second kappa shape index (κ2) is 8.27. The third-order valence-electron chi connectivity index (χ3n) is 5.04. The molecule has 29 heavy (non-hydrogen) atoms. The number of carbonyl (C=O) groups is 1. The number of nitrogens with zero attached hydrogens (tertiary/aromatic N) is 2. The number of pyridine rings is 1. The molecule has 3 aromatic rings. The SMILES string of the molecule is Cc1ccc(Cl)cc1NC(=O)Nc1ccc2nc(N3CCOCC3)cc(C)c2c1. The van der Waals surface area contributed by atoms with Gasteiger partial charge in [0.1, 0.15) is 5.82 Å². The van der Waals surface area contributed by atoms with Crippen LogP contribution in [0, 0.1) is 13.8 Å². The Bertz CT molecular complexity index is 1060. The fourth-order valence-electron chi connectivity index (χ4n) is 3.42. The van der Waals surface area contributed by atoms with Gasteiger partial charge >= 0.3 is 6.03 Å². The molecule has 0 bridgehead atoms. The summed E-state index contributed by atoms with van der Waals surface area (Å²) >= 11 is 6.02. The summed E-state index contributed by atoms with van der Waals surface area (Å²) in [5, 5.41) is 7.32. The minimum atomic E-state index is -0.315. The van der Waals surface area contributed by atoms with Crippen molar-refractivity contribution in [2.24, 2.45) is 0 Å². The number of anilines is 3. The number of urea groups is 1. The number of benzene rings is 2. The van der Waals surface area contributed by atoms with Crippen LogP contribution in [-0.4, -0.2) is 37.3 Å². The molecule has 0 atom stereocenters. The summed E-state index contributed by atoms with van der Waals surface area (Å²) < 4.78 is 5.43. The van der Waals surface area contributed by atoms with Crippen LogP contribution in [0.3, 0.4) is 0 Å². The van der Waals surface area contributed by atoms with Crippen LogP contribution in [0.5, 0.6) is 0 Å². The van der Waals surface area contributed by atoms with Gasteiger partial charge in [0.15, 0.2) is 0 Å². The van der Waals surface area contributed by atoms with Gasteiger partial charge in [0, 0.05) is 34.9 Å². The molecule has 0 saturated carbocycles. The Labute approximate surface area is 174 Å². The highest BCUT2D eigenvalue weighted by molar-refractivity contribution is 6.31. The van der Waals surface area contributed by atoms with E-state index in [1.54, 1.807) is 12.1 Å². The van der Waals surface area contributed by atoms with Crippen molar-refractivity contribution in [3.8, 4) is 0 Å². The minimum absolute atomic E-state index is 0.315. The summed E-state index contributed by atoms with van der Waals surface area (Å²) in [7, 11) is 0. The highest BCUT2D eigenvalue weighted by atomic mass is 35.5. The van der Waals surface area contributed by atoms with Gasteiger partial charge in [-0.1, -0.05) is 17.7 Å². The minimum Gasteiger partial charge on any atom is -0.378 e. The lowest BCUT2D eigenvalue weighted by Gasteiger charge is -2.28. The third-order valence-corrected chi connectivity index (χ3v) is 5.28. The second-order valence-electron chi connectivity index (χ2n) is 7.17. The second-order valence-corrected chi connectivity index (χ2v) is 7.60. The molecule has 150 valence electrons.